The highest BCUT2D eigenvalue weighted by atomic mass is 19.4. The number of hydrogen-bond donors (Lipinski definition) is 2. The van der Waals surface area contributed by atoms with Crippen LogP contribution in [0.15, 0.2) is 23.0 Å². The van der Waals surface area contributed by atoms with Crippen molar-refractivity contribution in [2.75, 3.05) is 5.73 Å². The van der Waals surface area contributed by atoms with Gasteiger partial charge in [0.25, 0.3) is 0 Å². The van der Waals surface area contributed by atoms with Gasteiger partial charge in [0.05, 0.1) is 11.1 Å². The van der Waals surface area contributed by atoms with Gasteiger partial charge in [-0.05, 0) is 18.2 Å². The Kier molecular flexibility index (Phi) is 2.97. The highest BCUT2D eigenvalue weighted by Gasteiger charge is 2.31. The number of rotatable bonds is 1. The van der Waals surface area contributed by atoms with Crippen LogP contribution in [0.5, 0.6) is 0 Å². The van der Waals surface area contributed by atoms with Gasteiger partial charge in [0, 0.05) is 0 Å². The van der Waals surface area contributed by atoms with Crippen molar-refractivity contribution in [2.24, 2.45) is 0 Å². The first-order valence-electron chi connectivity index (χ1n) is 4.88. The third-order valence-electron chi connectivity index (χ3n) is 2.22. The molecule has 2 rings (SSSR count). The summed E-state index contributed by atoms with van der Waals surface area (Å²) in [6.45, 7) is 0. The van der Waals surface area contributed by atoms with Crippen LogP contribution < -0.4 is 11.4 Å². The fraction of sp³-hybridized carbons (Fsp3) is 0.100. The fourth-order valence-corrected chi connectivity index (χ4v) is 1.41. The molecule has 0 aliphatic rings. The van der Waals surface area contributed by atoms with Gasteiger partial charge in [-0.3, -0.25) is 4.98 Å². The van der Waals surface area contributed by atoms with Gasteiger partial charge in [-0.15, -0.1) is 0 Å². The molecule has 0 saturated heterocycles. The SMILES string of the molecule is Nc1nc(-c2cc(C(F)(F)F)ccc2F)[nH]c(=O)n1. The van der Waals surface area contributed by atoms with Crippen molar-refractivity contribution in [1.82, 2.24) is 15.0 Å². The number of anilines is 1. The van der Waals surface area contributed by atoms with E-state index in [1.54, 1.807) is 0 Å². The van der Waals surface area contributed by atoms with Crippen LogP contribution in [-0.4, -0.2) is 15.0 Å². The average molecular weight is 274 g/mol. The molecular formula is C10H6F4N4O. The van der Waals surface area contributed by atoms with Gasteiger partial charge >= 0.3 is 11.9 Å². The number of benzene rings is 1. The van der Waals surface area contributed by atoms with Crippen molar-refractivity contribution in [3.8, 4) is 11.4 Å². The molecular weight excluding hydrogens is 268 g/mol. The molecule has 19 heavy (non-hydrogen) atoms. The minimum atomic E-state index is -4.64. The van der Waals surface area contributed by atoms with Gasteiger partial charge in [0.15, 0.2) is 0 Å². The normalized spacial score (nSPS) is 11.6. The molecule has 100 valence electrons. The van der Waals surface area contributed by atoms with Crippen LogP contribution in [0.3, 0.4) is 0 Å². The van der Waals surface area contributed by atoms with Crippen LogP contribution in [0.25, 0.3) is 11.4 Å². The largest absolute Gasteiger partial charge is 0.416 e. The molecule has 0 aliphatic carbocycles. The molecule has 0 amide bonds. The van der Waals surface area contributed by atoms with Gasteiger partial charge in [-0.2, -0.15) is 23.1 Å². The summed E-state index contributed by atoms with van der Waals surface area (Å²) in [4.78, 5) is 19.7. The molecule has 3 N–H and O–H groups in total. The summed E-state index contributed by atoms with van der Waals surface area (Å²) < 4.78 is 51.1. The van der Waals surface area contributed by atoms with Crippen LogP contribution in [0.4, 0.5) is 23.5 Å². The third kappa shape index (κ3) is 2.69. The molecule has 0 atom stereocenters. The van der Waals surface area contributed by atoms with Crippen molar-refractivity contribution in [2.45, 2.75) is 6.18 Å². The molecule has 0 bridgehead atoms. The predicted octanol–water partition coefficient (Wildman–Crippen LogP) is 1.57. The number of aromatic amines is 1. The molecule has 0 unspecified atom stereocenters. The molecule has 0 aliphatic heterocycles. The lowest BCUT2D eigenvalue weighted by Crippen LogP contribution is -2.16. The second-order valence-corrected chi connectivity index (χ2v) is 3.55. The fourth-order valence-electron chi connectivity index (χ4n) is 1.41. The molecule has 0 spiro atoms. The number of H-pyrrole nitrogens is 1. The Morgan fingerprint density at radius 3 is 2.47 bits per heavy atom. The zero-order chi connectivity index (χ0) is 14.2. The first-order chi connectivity index (χ1) is 8.77. The second kappa shape index (κ2) is 4.34. The van der Waals surface area contributed by atoms with Crippen LogP contribution in [0.1, 0.15) is 5.56 Å². The molecule has 1 aromatic carbocycles. The lowest BCUT2D eigenvalue weighted by molar-refractivity contribution is -0.137. The summed E-state index contributed by atoms with van der Waals surface area (Å²) in [6.07, 6.45) is -4.64. The van der Waals surface area contributed by atoms with E-state index in [-0.39, 0.29) is 0 Å². The number of nitrogens with zero attached hydrogens (tertiary/aromatic N) is 2. The summed E-state index contributed by atoms with van der Waals surface area (Å²) in [5, 5.41) is 0. The quantitative estimate of drug-likeness (QED) is 0.773. The molecule has 9 heteroatoms. The van der Waals surface area contributed by atoms with Gasteiger partial charge in [-0.25, -0.2) is 9.18 Å². The molecule has 2 aromatic rings. The van der Waals surface area contributed by atoms with Crippen LogP contribution in [0, 0.1) is 5.82 Å². The Morgan fingerprint density at radius 1 is 1.21 bits per heavy atom. The molecule has 1 aromatic heterocycles. The van der Waals surface area contributed by atoms with E-state index >= 15 is 0 Å². The first-order valence-corrected chi connectivity index (χ1v) is 4.88. The second-order valence-electron chi connectivity index (χ2n) is 3.55. The van der Waals surface area contributed by atoms with Crippen molar-refractivity contribution in [3.05, 3.63) is 40.1 Å². The number of aromatic nitrogens is 3. The Labute approximate surface area is 103 Å². The van der Waals surface area contributed by atoms with Gasteiger partial charge in [-0.1, -0.05) is 0 Å². The van der Waals surface area contributed by atoms with E-state index in [0.717, 1.165) is 0 Å². The number of nitrogens with one attached hydrogen (secondary N) is 1. The lowest BCUT2D eigenvalue weighted by atomic mass is 10.1. The van der Waals surface area contributed by atoms with Crippen molar-refractivity contribution < 1.29 is 17.6 Å². The Morgan fingerprint density at radius 2 is 1.89 bits per heavy atom. The number of halogens is 4. The summed E-state index contributed by atoms with van der Waals surface area (Å²) in [6, 6.07) is 1.75. The monoisotopic (exact) mass is 274 g/mol. The standard InChI is InChI=1S/C10H6F4N4O/c11-6-2-1-4(10(12,13)14)3-5(6)7-16-8(15)18-9(19)17-7/h1-3H,(H3,15,16,17,18,19). The van der Waals surface area contributed by atoms with E-state index in [9.17, 15) is 22.4 Å². The van der Waals surface area contributed by atoms with E-state index in [0.29, 0.717) is 18.2 Å². The first kappa shape index (κ1) is 13.0. The smallest absolute Gasteiger partial charge is 0.368 e. The van der Waals surface area contributed by atoms with Crippen LogP contribution in [-0.2, 0) is 6.18 Å². The average Bonchev–Trinajstić information content (AvgIpc) is 2.26. The van der Waals surface area contributed by atoms with E-state index in [2.05, 4.69) is 9.97 Å². The highest BCUT2D eigenvalue weighted by molar-refractivity contribution is 5.58. The Hall–Kier alpha value is -2.45. The number of alkyl halides is 3. The van der Waals surface area contributed by atoms with E-state index in [1.165, 1.54) is 0 Å². The van der Waals surface area contributed by atoms with Crippen LogP contribution in [0.2, 0.25) is 0 Å². The van der Waals surface area contributed by atoms with Crippen molar-refractivity contribution >= 4 is 5.95 Å². The number of hydrogen-bond acceptors (Lipinski definition) is 4. The van der Waals surface area contributed by atoms with Gasteiger partial charge in [0.1, 0.15) is 11.6 Å². The maximum atomic E-state index is 13.5. The van der Waals surface area contributed by atoms with Gasteiger partial charge in [0.2, 0.25) is 5.95 Å². The Balaban J connectivity index is 2.64. The zero-order valence-electron chi connectivity index (χ0n) is 9.12. The Bertz CT molecular complexity index is 680. The maximum Gasteiger partial charge on any atom is 0.416 e. The molecule has 0 radical (unpaired) electrons. The molecule has 5 nitrogen and oxygen atoms in total. The van der Waals surface area contributed by atoms with Gasteiger partial charge < -0.3 is 5.73 Å². The number of nitrogen functional groups attached to an aromatic ring is 1. The molecule has 0 fully saturated rings. The van der Waals surface area contributed by atoms with E-state index in [4.69, 9.17) is 5.73 Å². The predicted molar refractivity (Wildman–Crippen MR) is 57.5 cm³/mol. The zero-order valence-corrected chi connectivity index (χ0v) is 9.12. The number of nitrogens with two attached hydrogens (primary N) is 1. The van der Waals surface area contributed by atoms with Crippen LogP contribution >= 0.6 is 0 Å². The van der Waals surface area contributed by atoms with Crippen molar-refractivity contribution in [1.29, 1.82) is 0 Å². The minimum Gasteiger partial charge on any atom is -0.368 e. The van der Waals surface area contributed by atoms with E-state index < -0.39 is 40.6 Å². The third-order valence-corrected chi connectivity index (χ3v) is 2.22. The lowest BCUT2D eigenvalue weighted by Gasteiger charge is -2.09. The summed E-state index contributed by atoms with van der Waals surface area (Å²) >= 11 is 0. The summed E-state index contributed by atoms with van der Waals surface area (Å²) in [5.74, 6) is -1.85. The molecule has 0 saturated carbocycles. The summed E-state index contributed by atoms with van der Waals surface area (Å²) in [5.41, 5.74) is 2.67. The van der Waals surface area contributed by atoms with E-state index in [1.807, 2.05) is 4.98 Å². The molecule has 1 heterocycles. The minimum absolute atomic E-state index is 0.416. The highest BCUT2D eigenvalue weighted by Crippen LogP contribution is 2.32. The van der Waals surface area contributed by atoms with Crippen molar-refractivity contribution in [3.63, 3.8) is 0 Å². The maximum absolute atomic E-state index is 13.5. The topological polar surface area (TPSA) is 84.7 Å². The summed E-state index contributed by atoms with van der Waals surface area (Å²) in [7, 11) is 0.